The second kappa shape index (κ2) is 7.49. The van der Waals surface area contributed by atoms with Crippen LogP contribution in [0.1, 0.15) is 6.92 Å². The molecule has 0 rings (SSSR count). The molecular weight excluding hydrogens is 158 g/mol. The summed E-state index contributed by atoms with van der Waals surface area (Å²) in [5, 5.41) is 17.2. The number of hydrogen-bond acceptors (Lipinski definition) is 4. The molecule has 12 heavy (non-hydrogen) atoms. The van der Waals surface area contributed by atoms with Crippen LogP contribution in [-0.2, 0) is 4.74 Å². The van der Waals surface area contributed by atoms with Gasteiger partial charge >= 0.3 is 0 Å². The van der Waals surface area contributed by atoms with Gasteiger partial charge in [0.2, 0.25) is 0 Å². The fraction of sp³-hybridized carbons (Fsp3) is 1.00. The van der Waals surface area contributed by atoms with Crippen LogP contribution in [0.15, 0.2) is 0 Å². The van der Waals surface area contributed by atoms with Crippen molar-refractivity contribution in [1.29, 1.82) is 0 Å². The Balaban J connectivity index is 3.24. The highest BCUT2D eigenvalue weighted by Gasteiger charge is 2.05. The molecule has 4 heteroatoms. The minimum Gasteiger partial charge on any atom is -0.395 e. The van der Waals surface area contributed by atoms with Crippen LogP contribution in [0.2, 0.25) is 0 Å². The first kappa shape index (κ1) is 11.8. The molecule has 1 unspecified atom stereocenters. The van der Waals surface area contributed by atoms with Crippen molar-refractivity contribution in [1.82, 2.24) is 4.90 Å². The number of hydrogen-bond donors (Lipinski definition) is 2. The monoisotopic (exact) mass is 177 g/mol. The highest BCUT2D eigenvalue weighted by Crippen LogP contribution is 1.92. The predicted octanol–water partition coefficient (Wildman–Crippen LogP) is -0.692. The van der Waals surface area contributed by atoms with Crippen molar-refractivity contribution in [2.45, 2.75) is 13.0 Å². The van der Waals surface area contributed by atoms with Crippen molar-refractivity contribution in [3.8, 4) is 0 Å². The van der Waals surface area contributed by atoms with Crippen molar-refractivity contribution in [3.05, 3.63) is 0 Å². The number of aliphatic hydroxyl groups excluding tert-OH is 2. The molecule has 0 bridgehead atoms. The van der Waals surface area contributed by atoms with E-state index >= 15 is 0 Å². The molecule has 0 aromatic rings. The summed E-state index contributed by atoms with van der Waals surface area (Å²) in [5.41, 5.74) is 0. The van der Waals surface area contributed by atoms with Gasteiger partial charge in [-0.05, 0) is 14.0 Å². The van der Waals surface area contributed by atoms with E-state index < -0.39 is 0 Å². The predicted molar refractivity (Wildman–Crippen MR) is 47.1 cm³/mol. The molecule has 0 saturated carbocycles. The normalized spacial score (nSPS) is 13.8. The quantitative estimate of drug-likeness (QED) is 0.505. The minimum absolute atomic E-state index is 0.0687. The number of nitrogens with zero attached hydrogens (tertiary/aromatic N) is 1. The third-order valence-corrected chi connectivity index (χ3v) is 1.84. The van der Waals surface area contributed by atoms with E-state index in [9.17, 15) is 0 Å². The summed E-state index contributed by atoms with van der Waals surface area (Å²) in [7, 11) is 1.93. The lowest BCUT2D eigenvalue weighted by Crippen LogP contribution is -2.34. The van der Waals surface area contributed by atoms with Gasteiger partial charge < -0.3 is 14.9 Å². The molecule has 0 amide bonds. The zero-order valence-corrected chi connectivity index (χ0v) is 7.86. The molecule has 4 nitrogen and oxygen atoms in total. The maximum atomic E-state index is 8.79. The highest BCUT2D eigenvalue weighted by atomic mass is 16.5. The van der Waals surface area contributed by atoms with E-state index in [1.807, 2.05) is 18.9 Å². The maximum absolute atomic E-state index is 8.79. The summed E-state index contributed by atoms with van der Waals surface area (Å²) in [6.45, 7) is 3.95. The number of aliphatic hydroxyl groups is 2. The lowest BCUT2D eigenvalue weighted by atomic mass is 10.3. The van der Waals surface area contributed by atoms with Gasteiger partial charge in [0.05, 0.1) is 26.4 Å². The first-order valence-corrected chi connectivity index (χ1v) is 4.22. The van der Waals surface area contributed by atoms with Crippen LogP contribution in [-0.4, -0.2) is 61.2 Å². The third kappa shape index (κ3) is 5.49. The Hall–Kier alpha value is -0.160. The molecule has 2 N–H and O–H groups in total. The molecule has 0 aliphatic heterocycles. The van der Waals surface area contributed by atoms with Gasteiger partial charge in [0, 0.05) is 12.6 Å². The van der Waals surface area contributed by atoms with Gasteiger partial charge in [-0.1, -0.05) is 0 Å². The summed E-state index contributed by atoms with van der Waals surface area (Å²) in [6.07, 6.45) is 0. The first-order chi connectivity index (χ1) is 5.72. The Bertz CT molecular complexity index is 100. The van der Waals surface area contributed by atoms with Crippen molar-refractivity contribution < 1.29 is 14.9 Å². The van der Waals surface area contributed by atoms with Crippen LogP contribution >= 0.6 is 0 Å². The molecule has 0 aromatic carbocycles. The number of likely N-dealkylation sites (N-methyl/N-ethyl adjacent to an activating group) is 1. The summed E-state index contributed by atoms with van der Waals surface area (Å²) in [4.78, 5) is 2.01. The van der Waals surface area contributed by atoms with Crippen LogP contribution < -0.4 is 0 Å². The smallest absolute Gasteiger partial charge is 0.0698 e. The van der Waals surface area contributed by atoms with E-state index in [0.717, 1.165) is 6.54 Å². The molecule has 1 atom stereocenters. The standard InChI is InChI=1S/C8H19NO3/c1-8(7-11)9(2)3-5-12-6-4-10/h8,10-11H,3-7H2,1-2H3. The summed E-state index contributed by atoms with van der Waals surface area (Å²) in [5.74, 6) is 0. The van der Waals surface area contributed by atoms with E-state index in [-0.39, 0.29) is 19.3 Å². The van der Waals surface area contributed by atoms with Crippen molar-refractivity contribution in [2.24, 2.45) is 0 Å². The van der Waals surface area contributed by atoms with Gasteiger partial charge in [0.15, 0.2) is 0 Å². The molecule has 0 aromatic heterocycles. The van der Waals surface area contributed by atoms with Crippen LogP contribution in [0.25, 0.3) is 0 Å². The molecule has 0 saturated heterocycles. The summed E-state index contributed by atoms with van der Waals surface area (Å²) < 4.78 is 5.07. The van der Waals surface area contributed by atoms with Crippen molar-refractivity contribution in [3.63, 3.8) is 0 Å². The van der Waals surface area contributed by atoms with Crippen LogP contribution in [0.4, 0.5) is 0 Å². The molecule has 0 spiro atoms. The fourth-order valence-electron chi connectivity index (χ4n) is 0.735. The average molecular weight is 177 g/mol. The lowest BCUT2D eigenvalue weighted by molar-refractivity contribution is 0.0640. The number of ether oxygens (including phenoxy) is 1. The summed E-state index contributed by atoms with van der Waals surface area (Å²) >= 11 is 0. The molecule has 74 valence electrons. The Morgan fingerprint density at radius 2 is 2.00 bits per heavy atom. The van der Waals surface area contributed by atoms with Gasteiger partial charge in [0.25, 0.3) is 0 Å². The summed E-state index contributed by atoms with van der Waals surface area (Å²) in [6, 6.07) is 0.169. The maximum Gasteiger partial charge on any atom is 0.0698 e. The highest BCUT2D eigenvalue weighted by molar-refractivity contribution is 4.60. The Kier molecular flexibility index (Phi) is 7.39. The molecular formula is C8H19NO3. The van der Waals surface area contributed by atoms with Gasteiger partial charge in [-0.3, -0.25) is 4.90 Å². The minimum atomic E-state index is 0.0687. The van der Waals surface area contributed by atoms with Gasteiger partial charge in [-0.2, -0.15) is 0 Å². The Labute approximate surface area is 73.8 Å². The van der Waals surface area contributed by atoms with Crippen molar-refractivity contribution in [2.75, 3.05) is 40.0 Å². The molecule has 0 heterocycles. The number of rotatable bonds is 7. The topological polar surface area (TPSA) is 52.9 Å². The zero-order valence-electron chi connectivity index (χ0n) is 7.86. The van der Waals surface area contributed by atoms with Gasteiger partial charge in [-0.15, -0.1) is 0 Å². The second-order valence-corrected chi connectivity index (χ2v) is 2.85. The Morgan fingerprint density at radius 1 is 1.33 bits per heavy atom. The van der Waals surface area contributed by atoms with Crippen LogP contribution in [0, 0.1) is 0 Å². The lowest BCUT2D eigenvalue weighted by Gasteiger charge is -2.22. The molecule has 0 aliphatic rings. The first-order valence-electron chi connectivity index (χ1n) is 4.22. The third-order valence-electron chi connectivity index (χ3n) is 1.84. The fourth-order valence-corrected chi connectivity index (χ4v) is 0.735. The van der Waals surface area contributed by atoms with Crippen LogP contribution in [0.5, 0.6) is 0 Å². The zero-order chi connectivity index (χ0) is 9.40. The van der Waals surface area contributed by atoms with E-state index in [1.165, 1.54) is 0 Å². The van der Waals surface area contributed by atoms with E-state index in [0.29, 0.717) is 13.2 Å². The largest absolute Gasteiger partial charge is 0.395 e. The van der Waals surface area contributed by atoms with E-state index in [4.69, 9.17) is 14.9 Å². The average Bonchev–Trinajstić information content (AvgIpc) is 2.10. The molecule has 0 radical (unpaired) electrons. The van der Waals surface area contributed by atoms with E-state index in [1.54, 1.807) is 0 Å². The second-order valence-electron chi connectivity index (χ2n) is 2.85. The van der Waals surface area contributed by atoms with Gasteiger partial charge in [-0.25, -0.2) is 0 Å². The Morgan fingerprint density at radius 3 is 2.50 bits per heavy atom. The SMILES string of the molecule is CC(CO)N(C)CCOCCO. The van der Waals surface area contributed by atoms with Crippen LogP contribution in [0.3, 0.4) is 0 Å². The molecule has 0 fully saturated rings. The van der Waals surface area contributed by atoms with E-state index in [2.05, 4.69) is 0 Å². The van der Waals surface area contributed by atoms with Gasteiger partial charge in [0.1, 0.15) is 0 Å². The van der Waals surface area contributed by atoms with Crippen molar-refractivity contribution >= 4 is 0 Å². The molecule has 0 aliphatic carbocycles.